The fraction of sp³-hybridized carbons (Fsp3) is 0.375. The molecule has 0 aromatic heterocycles. The third-order valence-corrected chi connectivity index (χ3v) is 3.89. The van der Waals surface area contributed by atoms with Crippen LogP contribution in [-0.4, -0.2) is 19.2 Å². The van der Waals surface area contributed by atoms with E-state index in [1.54, 1.807) is 0 Å². The van der Waals surface area contributed by atoms with Crippen LogP contribution < -0.4 is 10.1 Å². The standard InChI is InChI=1S/C16H20BrNO/c1-12(2)18-10-5-11-19-15-9-8-13-6-3-4-7-14(13)16(15)17/h3-4,6-9,12,18H,5,10-11H2,1-2H3/p+1. The molecule has 102 valence electrons. The van der Waals surface area contributed by atoms with Crippen molar-refractivity contribution < 1.29 is 10.1 Å². The largest absolute Gasteiger partial charge is 0.492 e. The molecular weight excluding hydrogens is 302 g/mol. The van der Waals surface area contributed by atoms with Crippen LogP contribution >= 0.6 is 15.9 Å². The highest BCUT2D eigenvalue weighted by atomic mass is 79.9. The van der Waals surface area contributed by atoms with Crippen LogP contribution in [0.15, 0.2) is 40.9 Å². The maximum atomic E-state index is 5.86. The van der Waals surface area contributed by atoms with Gasteiger partial charge in [0.2, 0.25) is 0 Å². The summed E-state index contributed by atoms with van der Waals surface area (Å²) >= 11 is 3.64. The quantitative estimate of drug-likeness (QED) is 0.811. The maximum Gasteiger partial charge on any atom is 0.134 e. The summed E-state index contributed by atoms with van der Waals surface area (Å²) in [5.74, 6) is 0.934. The second-order valence-electron chi connectivity index (χ2n) is 5.07. The number of rotatable bonds is 6. The molecule has 0 aliphatic carbocycles. The molecule has 2 N–H and O–H groups in total. The van der Waals surface area contributed by atoms with E-state index in [4.69, 9.17) is 4.74 Å². The van der Waals surface area contributed by atoms with Crippen LogP contribution in [0.25, 0.3) is 10.8 Å². The number of ether oxygens (including phenoxy) is 1. The zero-order valence-electron chi connectivity index (χ0n) is 11.5. The van der Waals surface area contributed by atoms with E-state index in [-0.39, 0.29) is 0 Å². The Balaban J connectivity index is 1.96. The Bertz CT molecular complexity index is 539. The first-order valence-corrected chi connectivity index (χ1v) is 7.61. The van der Waals surface area contributed by atoms with Gasteiger partial charge < -0.3 is 10.1 Å². The summed E-state index contributed by atoms with van der Waals surface area (Å²) in [4.78, 5) is 0. The van der Waals surface area contributed by atoms with Gasteiger partial charge in [0.15, 0.2) is 0 Å². The van der Waals surface area contributed by atoms with Crippen molar-refractivity contribution in [3.05, 3.63) is 40.9 Å². The predicted octanol–water partition coefficient (Wildman–Crippen LogP) is 3.34. The van der Waals surface area contributed by atoms with E-state index in [0.29, 0.717) is 6.04 Å². The molecule has 2 aromatic rings. The van der Waals surface area contributed by atoms with Gasteiger partial charge in [-0.25, -0.2) is 0 Å². The van der Waals surface area contributed by atoms with Gasteiger partial charge in [-0.15, -0.1) is 0 Å². The number of hydrogen-bond acceptors (Lipinski definition) is 1. The Kier molecular flexibility index (Phi) is 5.23. The average Bonchev–Trinajstić information content (AvgIpc) is 2.41. The minimum absolute atomic E-state index is 0.660. The minimum Gasteiger partial charge on any atom is -0.492 e. The van der Waals surface area contributed by atoms with Crippen molar-refractivity contribution in [2.24, 2.45) is 0 Å². The highest BCUT2D eigenvalue weighted by Crippen LogP contribution is 2.32. The molecule has 0 fully saturated rings. The first-order valence-electron chi connectivity index (χ1n) is 6.82. The zero-order chi connectivity index (χ0) is 13.7. The lowest BCUT2D eigenvalue weighted by Crippen LogP contribution is -2.88. The second-order valence-corrected chi connectivity index (χ2v) is 5.86. The number of halogens is 1. The molecule has 0 aliphatic rings. The monoisotopic (exact) mass is 322 g/mol. The van der Waals surface area contributed by atoms with Crippen LogP contribution in [0, 0.1) is 0 Å². The zero-order valence-corrected chi connectivity index (χ0v) is 13.1. The summed E-state index contributed by atoms with van der Waals surface area (Å²) in [7, 11) is 0. The molecular formula is C16H21BrNO+. The van der Waals surface area contributed by atoms with Crippen molar-refractivity contribution in [1.82, 2.24) is 0 Å². The van der Waals surface area contributed by atoms with Crippen LogP contribution in [0.2, 0.25) is 0 Å². The molecule has 3 heteroatoms. The molecule has 0 saturated heterocycles. The van der Waals surface area contributed by atoms with Crippen LogP contribution in [0.4, 0.5) is 0 Å². The molecule has 19 heavy (non-hydrogen) atoms. The van der Waals surface area contributed by atoms with Gasteiger partial charge in [0.1, 0.15) is 5.75 Å². The van der Waals surface area contributed by atoms with Gasteiger partial charge in [-0.3, -0.25) is 0 Å². The smallest absolute Gasteiger partial charge is 0.134 e. The fourth-order valence-electron chi connectivity index (χ4n) is 2.04. The highest BCUT2D eigenvalue weighted by Gasteiger charge is 2.05. The molecule has 0 heterocycles. The highest BCUT2D eigenvalue weighted by molar-refractivity contribution is 9.10. The Hall–Kier alpha value is -1.06. The molecule has 0 aliphatic heterocycles. The molecule has 0 saturated carbocycles. The van der Waals surface area contributed by atoms with Crippen molar-refractivity contribution >= 4 is 26.7 Å². The lowest BCUT2D eigenvalue weighted by molar-refractivity contribution is -0.683. The Morgan fingerprint density at radius 2 is 1.95 bits per heavy atom. The second kappa shape index (κ2) is 6.92. The summed E-state index contributed by atoms with van der Waals surface area (Å²) in [6, 6.07) is 13.1. The molecule has 2 aromatic carbocycles. The molecule has 2 rings (SSSR count). The normalized spacial score (nSPS) is 11.2. The Morgan fingerprint density at radius 1 is 1.16 bits per heavy atom. The van der Waals surface area contributed by atoms with Crippen molar-refractivity contribution in [2.45, 2.75) is 26.3 Å². The molecule has 0 bridgehead atoms. The van der Waals surface area contributed by atoms with Gasteiger partial charge in [0.25, 0.3) is 0 Å². The van der Waals surface area contributed by atoms with Crippen molar-refractivity contribution in [2.75, 3.05) is 13.2 Å². The van der Waals surface area contributed by atoms with Gasteiger partial charge in [-0.2, -0.15) is 0 Å². The van der Waals surface area contributed by atoms with Crippen LogP contribution in [-0.2, 0) is 0 Å². The Morgan fingerprint density at radius 3 is 2.74 bits per heavy atom. The summed E-state index contributed by atoms with van der Waals surface area (Å²) in [5.41, 5.74) is 0. The molecule has 0 spiro atoms. The van der Waals surface area contributed by atoms with E-state index in [1.165, 1.54) is 10.8 Å². The van der Waals surface area contributed by atoms with Gasteiger partial charge in [0, 0.05) is 6.42 Å². The third kappa shape index (κ3) is 3.95. The van der Waals surface area contributed by atoms with E-state index < -0.39 is 0 Å². The molecule has 2 nitrogen and oxygen atoms in total. The molecule has 0 amide bonds. The van der Waals surface area contributed by atoms with Gasteiger partial charge in [-0.1, -0.05) is 30.3 Å². The fourth-order valence-corrected chi connectivity index (χ4v) is 2.65. The topological polar surface area (TPSA) is 25.8 Å². The summed E-state index contributed by atoms with van der Waals surface area (Å²) in [6.45, 7) is 6.30. The van der Waals surface area contributed by atoms with Crippen molar-refractivity contribution in [3.63, 3.8) is 0 Å². The number of quaternary nitrogens is 1. The lowest BCUT2D eigenvalue weighted by Gasteiger charge is -2.10. The first-order chi connectivity index (χ1) is 9.18. The van der Waals surface area contributed by atoms with E-state index in [2.05, 4.69) is 65.4 Å². The van der Waals surface area contributed by atoms with Crippen LogP contribution in [0.3, 0.4) is 0 Å². The maximum absolute atomic E-state index is 5.86. The van der Waals surface area contributed by atoms with Crippen LogP contribution in [0.5, 0.6) is 5.75 Å². The number of fused-ring (bicyclic) bond motifs is 1. The van der Waals surface area contributed by atoms with Crippen LogP contribution in [0.1, 0.15) is 20.3 Å². The molecule has 0 atom stereocenters. The third-order valence-electron chi connectivity index (χ3n) is 3.07. The number of nitrogens with two attached hydrogens (primary N) is 1. The van der Waals surface area contributed by atoms with Gasteiger partial charge in [0.05, 0.1) is 23.7 Å². The summed E-state index contributed by atoms with van der Waals surface area (Å²) in [6.07, 6.45) is 1.07. The van der Waals surface area contributed by atoms with Gasteiger partial charge >= 0.3 is 0 Å². The SMILES string of the molecule is CC(C)[NH2+]CCCOc1ccc2ccccc2c1Br. The van der Waals surface area contributed by atoms with Crippen molar-refractivity contribution in [1.29, 1.82) is 0 Å². The van der Waals surface area contributed by atoms with Gasteiger partial charge in [-0.05, 0) is 46.6 Å². The van der Waals surface area contributed by atoms with E-state index in [0.717, 1.165) is 29.8 Å². The number of hydrogen-bond donors (Lipinski definition) is 1. The first kappa shape index (κ1) is 14.4. The molecule has 0 unspecified atom stereocenters. The minimum atomic E-state index is 0.660. The van der Waals surface area contributed by atoms with E-state index in [1.807, 2.05) is 6.07 Å². The van der Waals surface area contributed by atoms with E-state index in [9.17, 15) is 0 Å². The predicted molar refractivity (Wildman–Crippen MR) is 83.7 cm³/mol. The summed E-state index contributed by atoms with van der Waals surface area (Å²) in [5, 5.41) is 4.77. The number of benzene rings is 2. The summed E-state index contributed by atoms with van der Waals surface area (Å²) < 4.78 is 6.91. The van der Waals surface area contributed by atoms with E-state index >= 15 is 0 Å². The van der Waals surface area contributed by atoms with Crippen molar-refractivity contribution in [3.8, 4) is 5.75 Å². The molecule has 0 radical (unpaired) electrons. The average molecular weight is 323 g/mol. The Labute approximate surface area is 123 Å². The lowest BCUT2D eigenvalue weighted by atomic mass is 10.1.